The van der Waals surface area contributed by atoms with Crippen molar-refractivity contribution >= 4 is 27.3 Å². The molecule has 1 aliphatic heterocycles. The monoisotopic (exact) mass is 566 g/mol. The first-order valence-corrected chi connectivity index (χ1v) is 14.5. The van der Waals surface area contributed by atoms with Gasteiger partial charge in [-0.1, -0.05) is 41.9 Å². The molecule has 202 valence electrons. The number of ether oxygens (including phenoxy) is 2. The summed E-state index contributed by atoms with van der Waals surface area (Å²) in [5, 5.41) is 4.93. The molecule has 4 aromatic rings. The topological polar surface area (TPSA) is 94.0 Å². The summed E-state index contributed by atoms with van der Waals surface area (Å²) in [7, 11) is -1.67. The van der Waals surface area contributed by atoms with Crippen molar-refractivity contribution < 1.29 is 17.9 Å². The molecule has 0 unspecified atom stereocenters. The average Bonchev–Trinajstić information content (AvgIpc) is 2.95. The SMILES string of the molecule is COc1ccccc1-c1ccc(Oc2c(N3CCN(S(C)(=O)=O)CC3)cnn(-c3ccc(Cl)cc3)c2=O)cc1. The number of nitrogens with zero attached hydrogens (tertiary/aromatic N) is 4. The van der Waals surface area contributed by atoms with E-state index in [4.69, 9.17) is 21.1 Å². The lowest BCUT2D eigenvalue weighted by atomic mass is 10.0. The lowest BCUT2D eigenvalue weighted by Gasteiger charge is -2.35. The van der Waals surface area contributed by atoms with E-state index in [1.54, 1.807) is 49.7 Å². The fourth-order valence-corrected chi connectivity index (χ4v) is 5.43. The molecule has 0 radical (unpaired) electrons. The number of benzene rings is 3. The molecule has 1 saturated heterocycles. The smallest absolute Gasteiger partial charge is 0.316 e. The van der Waals surface area contributed by atoms with Crippen molar-refractivity contribution in [3.8, 4) is 34.1 Å². The zero-order chi connectivity index (χ0) is 27.6. The Labute approximate surface area is 231 Å². The van der Waals surface area contributed by atoms with Crippen LogP contribution >= 0.6 is 11.6 Å². The average molecular weight is 567 g/mol. The highest BCUT2D eigenvalue weighted by atomic mass is 35.5. The van der Waals surface area contributed by atoms with E-state index in [2.05, 4.69) is 5.10 Å². The molecule has 0 spiro atoms. The van der Waals surface area contributed by atoms with Crippen molar-refractivity contribution in [3.05, 3.63) is 94.4 Å². The lowest BCUT2D eigenvalue weighted by molar-refractivity contribution is 0.384. The van der Waals surface area contributed by atoms with Crippen molar-refractivity contribution in [1.29, 1.82) is 0 Å². The molecule has 1 fully saturated rings. The summed E-state index contributed by atoms with van der Waals surface area (Å²) in [6.07, 6.45) is 2.77. The van der Waals surface area contributed by atoms with E-state index >= 15 is 0 Å². The summed E-state index contributed by atoms with van der Waals surface area (Å²) in [4.78, 5) is 15.6. The van der Waals surface area contributed by atoms with Crippen LogP contribution in [0, 0.1) is 0 Å². The van der Waals surface area contributed by atoms with Gasteiger partial charge in [-0.15, -0.1) is 0 Å². The Balaban J connectivity index is 1.50. The number of rotatable bonds is 7. The van der Waals surface area contributed by atoms with Crippen molar-refractivity contribution in [2.24, 2.45) is 0 Å². The maximum Gasteiger partial charge on any atom is 0.316 e. The molecule has 0 amide bonds. The van der Waals surface area contributed by atoms with Gasteiger partial charge in [0.25, 0.3) is 0 Å². The Bertz CT molecular complexity index is 1630. The fourth-order valence-electron chi connectivity index (χ4n) is 4.48. The van der Waals surface area contributed by atoms with Gasteiger partial charge in [0, 0.05) is 36.8 Å². The van der Waals surface area contributed by atoms with E-state index in [1.807, 2.05) is 41.3 Å². The highest BCUT2D eigenvalue weighted by Gasteiger charge is 2.27. The van der Waals surface area contributed by atoms with Crippen molar-refractivity contribution in [3.63, 3.8) is 0 Å². The molecule has 11 heteroatoms. The summed E-state index contributed by atoms with van der Waals surface area (Å²) in [5.74, 6) is 1.31. The van der Waals surface area contributed by atoms with Crippen LogP contribution in [-0.2, 0) is 10.0 Å². The minimum atomic E-state index is -3.30. The molecule has 2 heterocycles. The van der Waals surface area contributed by atoms with E-state index < -0.39 is 15.6 Å². The summed E-state index contributed by atoms with van der Waals surface area (Å²) < 4.78 is 38.3. The third-order valence-corrected chi connectivity index (χ3v) is 8.08. The Morgan fingerprint density at radius 1 is 0.897 bits per heavy atom. The lowest BCUT2D eigenvalue weighted by Crippen LogP contribution is -2.48. The van der Waals surface area contributed by atoms with Gasteiger partial charge in [0.1, 0.15) is 17.2 Å². The Morgan fingerprint density at radius 2 is 1.56 bits per heavy atom. The number of para-hydroxylation sites is 1. The van der Waals surface area contributed by atoms with Gasteiger partial charge >= 0.3 is 5.56 Å². The van der Waals surface area contributed by atoms with Gasteiger partial charge in [0.2, 0.25) is 15.8 Å². The van der Waals surface area contributed by atoms with E-state index in [9.17, 15) is 13.2 Å². The summed E-state index contributed by atoms with van der Waals surface area (Å²) in [6, 6.07) is 21.9. The molecule has 0 bridgehead atoms. The number of sulfonamides is 1. The fraction of sp³-hybridized carbons (Fsp3) is 0.214. The first-order chi connectivity index (χ1) is 18.7. The largest absolute Gasteiger partial charge is 0.496 e. The summed E-state index contributed by atoms with van der Waals surface area (Å²) in [5.41, 5.74) is 2.45. The normalized spacial score (nSPS) is 14.3. The molecular formula is C28H27ClN4O5S. The Morgan fingerprint density at radius 3 is 2.21 bits per heavy atom. The van der Waals surface area contributed by atoms with Crippen LogP contribution in [0.25, 0.3) is 16.8 Å². The van der Waals surface area contributed by atoms with Crippen LogP contribution in [0.5, 0.6) is 17.2 Å². The zero-order valence-corrected chi connectivity index (χ0v) is 23.0. The third-order valence-electron chi connectivity index (χ3n) is 6.53. The number of anilines is 1. The van der Waals surface area contributed by atoms with Gasteiger partial charge in [-0.25, -0.2) is 8.42 Å². The van der Waals surface area contributed by atoms with Gasteiger partial charge in [-0.2, -0.15) is 14.1 Å². The standard InChI is InChI=1S/C28H27ClN4O5S/c1-37-26-6-4-3-5-24(26)20-7-13-23(14-8-20)38-27-25(31-15-17-32(18-16-31)39(2,35)36)19-30-33(28(27)34)22-11-9-21(29)10-12-22/h3-14,19H,15-18H2,1-2H3. The molecule has 0 aliphatic carbocycles. The van der Waals surface area contributed by atoms with E-state index in [1.165, 1.54) is 15.2 Å². The van der Waals surface area contributed by atoms with E-state index in [0.29, 0.717) is 48.3 Å². The van der Waals surface area contributed by atoms with Crippen LogP contribution in [-0.4, -0.2) is 62.0 Å². The van der Waals surface area contributed by atoms with Gasteiger partial charge in [0.15, 0.2) is 0 Å². The molecular weight excluding hydrogens is 540 g/mol. The molecule has 5 rings (SSSR count). The van der Waals surface area contributed by atoms with Crippen molar-refractivity contribution in [2.75, 3.05) is 44.4 Å². The molecule has 1 aliphatic rings. The Hall–Kier alpha value is -3.86. The van der Waals surface area contributed by atoms with Crippen LogP contribution in [0.4, 0.5) is 5.69 Å². The minimum absolute atomic E-state index is 0.0952. The second-order valence-corrected chi connectivity index (χ2v) is 11.4. The highest BCUT2D eigenvalue weighted by molar-refractivity contribution is 7.88. The van der Waals surface area contributed by atoms with Crippen LogP contribution in [0.2, 0.25) is 5.02 Å². The maximum atomic E-state index is 13.7. The van der Waals surface area contributed by atoms with Crippen LogP contribution in [0.15, 0.2) is 83.8 Å². The highest BCUT2D eigenvalue weighted by Crippen LogP contribution is 2.33. The van der Waals surface area contributed by atoms with Crippen LogP contribution < -0.4 is 19.9 Å². The molecule has 3 aromatic carbocycles. The number of aromatic nitrogens is 2. The molecule has 0 atom stereocenters. The van der Waals surface area contributed by atoms with Crippen molar-refractivity contribution in [1.82, 2.24) is 14.1 Å². The first-order valence-electron chi connectivity index (χ1n) is 12.2. The van der Waals surface area contributed by atoms with Gasteiger partial charge in [-0.05, 0) is 48.0 Å². The second-order valence-electron chi connectivity index (χ2n) is 9.03. The number of hydrogen-bond acceptors (Lipinski definition) is 7. The second kappa shape index (κ2) is 11.1. The van der Waals surface area contributed by atoms with Gasteiger partial charge in [-0.3, -0.25) is 4.79 Å². The number of halogens is 1. The molecule has 39 heavy (non-hydrogen) atoms. The van der Waals surface area contributed by atoms with E-state index in [-0.39, 0.29) is 5.75 Å². The molecule has 0 saturated carbocycles. The zero-order valence-electron chi connectivity index (χ0n) is 21.5. The maximum absolute atomic E-state index is 13.7. The Kier molecular flexibility index (Phi) is 7.60. The quantitative estimate of drug-likeness (QED) is 0.326. The minimum Gasteiger partial charge on any atom is -0.496 e. The number of piperazine rings is 1. The van der Waals surface area contributed by atoms with Crippen LogP contribution in [0.1, 0.15) is 0 Å². The first kappa shape index (κ1) is 26.7. The van der Waals surface area contributed by atoms with Gasteiger partial charge < -0.3 is 14.4 Å². The molecule has 1 aromatic heterocycles. The molecule has 9 nitrogen and oxygen atoms in total. The predicted octanol–water partition coefficient (Wildman–Crippen LogP) is 4.44. The van der Waals surface area contributed by atoms with Gasteiger partial charge in [0.05, 0.1) is 25.2 Å². The van der Waals surface area contributed by atoms with Crippen molar-refractivity contribution in [2.45, 2.75) is 0 Å². The van der Waals surface area contributed by atoms with Crippen LogP contribution in [0.3, 0.4) is 0 Å². The predicted molar refractivity (Wildman–Crippen MR) is 152 cm³/mol. The number of methoxy groups -OCH3 is 1. The van der Waals surface area contributed by atoms with E-state index in [0.717, 1.165) is 16.9 Å². The molecule has 0 N–H and O–H groups in total. The third kappa shape index (κ3) is 5.78. The number of hydrogen-bond donors (Lipinski definition) is 0. The summed E-state index contributed by atoms with van der Waals surface area (Å²) in [6.45, 7) is 1.38. The summed E-state index contributed by atoms with van der Waals surface area (Å²) >= 11 is 6.03.